The quantitative estimate of drug-likeness (QED) is 0.818. The van der Waals surface area contributed by atoms with Crippen molar-refractivity contribution in [3.05, 3.63) is 29.8 Å². The van der Waals surface area contributed by atoms with Gasteiger partial charge in [0, 0.05) is 31.4 Å². The lowest BCUT2D eigenvalue weighted by Crippen LogP contribution is -2.54. The van der Waals surface area contributed by atoms with Crippen LogP contribution < -0.4 is 10.2 Å². The number of hydrogen-bond donors (Lipinski definition) is 1. The molecule has 6 heteroatoms. The van der Waals surface area contributed by atoms with Crippen molar-refractivity contribution in [3.63, 3.8) is 0 Å². The molecule has 132 valence electrons. The number of nitrogens with one attached hydrogen (secondary N) is 1. The number of nitrogens with zero attached hydrogens (tertiary/aromatic N) is 2. The Bertz CT molecular complexity index is 790. The first-order valence-electron chi connectivity index (χ1n) is 8.77. The second kappa shape index (κ2) is 5.14. The second-order valence-electron chi connectivity index (χ2n) is 7.81. The summed E-state index contributed by atoms with van der Waals surface area (Å²) in [6.45, 7) is 4.17. The Hall–Kier alpha value is -2.21. The molecule has 3 aliphatic rings. The third-order valence-corrected chi connectivity index (χ3v) is 5.94. The highest BCUT2D eigenvalue weighted by Crippen LogP contribution is 2.54. The van der Waals surface area contributed by atoms with E-state index in [-0.39, 0.29) is 23.8 Å². The van der Waals surface area contributed by atoms with Gasteiger partial charge in [-0.2, -0.15) is 0 Å². The minimum atomic E-state index is -1.13. The molecule has 0 saturated carbocycles. The number of likely N-dealkylation sites (N-methyl/N-ethyl adjacent to an activating group) is 1. The number of carbonyl (C=O) groups is 3. The Kier molecular flexibility index (Phi) is 3.35. The first kappa shape index (κ1) is 16.3. The van der Waals surface area contributed by atoms with E-state index >= 15 is 0 Å². The van der Waals surface area contributed by atoms with Gasteiger partial charge in [-0.1, -0.05) is 32.0 Å². The average Bonchev–Trinajstić information content (AvgIpc) is 3.10. The number of fused-ring (bicyclic) bond motifs is 4. The van der Waals surface area contributed by atoms with Gasteiger partial charge >= 0.3 is 0 Å². The molecule has 3 aliphatic heterocycles. The summed E-state index contributed by atoms with van der Waals surface area (Å²) in [7, 11) is 3.26. The van der Waals surface area contributed by atoms with Crippen molar-refractivity contribution < 1.29 is 14.4 Å². The Morgan fingerprint density at radius 3 is 2.44 bits per heavy atom. The monoisotopic (exact) mass is 341 g/mol. The lowest BCUT2D eigenvalue weighted by molar-refractivity contribution is -0.141. The standard InChI is InChI=1S/C19H23N3O3/c1-10(2)9-12-14-15(17(24)22(4)16(14)23)19(20-12)11-7-5-6-8-13(11)21(3)18(19)25/h5-8,10,12,14-15,20H,9H2,1-4H3/t12-,14+,15+,19-/m0/s1. The molecule has 1 aromatic carbocycles. The number of para-hydroxylation sites is 1. The summed E-state index contributed by atoms with van der Waals surface area (Å²) < 4.78 is 0. The van der Waals surface area contributed by atoms with Gasteiger partial charge in [0.15, 0.2) is 0 Å². The molecule has 0 unspecified atom stereocenters. The maximum Gasteiger partial charge on any atom is 0.252 e. The van der Waals surface area contributed by atoms with Crippen molar-refractivity contribution >= 4 is 23.4 Å². The molecule has 6 nitrogen and oxygen atoms in total. The normalized spacial score (nSPS) is 33.8. The maximum absolute atomic E-state index is 13.3. The summed E-state index contributed by atoms with van der Waals surface area (Å²) in [5.74, 6) is -1.38. The summed E-state index contributed by atoms with van der Waals surface area (Å²) >= 11 is 0. The van der Waals surface area contributed by atoms with Crippen LogP contribution in [0.25, 0.3) is 0 Å². The van der Waals surface area contributed by atoms with Crippen LogP contribution in [-0.4, -0.2) is 42.8 Å². The number of rotatable bonds is 2. The van der Waals surface area contributed by atoms with Crippen molar-refractivity contribution in [3.8, 4) is 0 Å². The van der Waals surface area contributed by atoms with Crippen LogP contribution in [0, 0.1) is 17.8 Å². The van der Waals surface area contributed by atoms with E-state index in [0.717, 1.165) is 17.7 Å². The molecule has 0 radical (unpaired) electrons. The highest BCUT2D eigenvalue weighted by Gasteiger charge is 2.70. The van der Waals surface area contributed by atoms with Crippen molar-refractivity contribution in [2.24, 2.45) is 17.8 Å². The molecule has 3 heterocycles. The number of anilines is 1. The minimum absolute atomic E-state index is 0.147. The number of amides is 3. The zero-order valence-corrected chi connectivity index (χ0v) is 14.9. The number of carbonyl (C=O) groups excluding carboxylic acids is 3. The first-order valence-corrected chi connectivity index (χ1v) is 8.77. The maximum atomic E-state index is 13.3. The number of hydrogen-bond acceptors (Lipinski definition) is 4. The van der Waals surface area contributed by atoms with E-state index < -0.39 is 17.4 Å². The van der Waals surface area contributed by atoms with Gasteiger partial charge in [0.25, 0.3) is 5.91 Å². The molecule has 1 spiro atoms. The Morgan fingerprint density at radius 2 is 1.76 bits per heavy atom. The summed E-state index contributed by atoms with van der Waals surface area (Å²) in [4.78, 5) is 41.8. The lowest BCUT2D eigenvalue weighted by atomic mass is 9.76. The molecular formula is C19H23N3O3. The predicted octanol–water partition coefficient (Wildman–Crippen LogP) is 1.11. The fraction of sp³-hybridized carbons (Fsp3) is 0.526. The van der Waals surface area contributed by atoms with Crippen LogP contribution in [0.15, 0.2) is 24.3 Å². The van der Waals surface area contributed by atoms with Crippen LogP contribution in [-0.2, 0) is 19.9 Å². The molecule has 0 aromatic heterocycles. The van der Waals surface area contributed by atoms with Gasteiger partial charge < -0.3 is 4.90 Å². The molecule has 1 aromatic rings. The van der Waals surface area contributed by atoms with Crippen molar-refractivity contribution in [2.75, 3.05) is 19.0 Å². The van der Waals surface area contributed by atoms with Gasteiger partial charge in [0.05, 0.1) is 11.8 Å². The van der Waals surface area contributed by atoms with Gasteiger partial charge in [-0.3, -0.25) is 24.6 Å². The smallest absolute Gasteiger partial charge is 0.252 e. The lowest BCUT2D eigenvalue weighted by Gasteiger charge is -2.29. The van der Waals surface area contributed by atoms with Gasteiger partial charge in [-0.15, -0.1) is 0 Å². The first-order chi connectivity index (χ1) is 11.8. The molecular weight excluding hydrogens is 318 g/mol. The molecule has 4 atom stereocenters. The molecule has 25 heavy (non-hydrogen) atoms. The zero-order chi connectivity index (χ0) is 18.1. The largest absolute Gasteiger partial charge is 0.313 e. The van der Waals surface area contributed by atoms with E-state index in [1.165, 1.54) is 11.9 Å². The van der Waals surface area contributed by atoms with Gasteiger partial charge in [-0.05, 0) is 18.4 Å². The second-order valence-corrected chi connectivity index (χ2v) is 7.81. The van der Waals surface area contributed by atoms with Crippen LogP contribution in [0.4, 0.5) is 5.69 Å². The molecule has 2 fully saturated rings. The van der Waals surface area contributed by atoms with Crippen LogP contribution in [0.3, 0.4) is 0 Å². The highest BCUT2D eigenvalue weighted by atomic mass is 16.2. The van der Waals surface area contributed by atoms with E-state index in [0.29, 0.717) is 5.92 Å². The van der Waals surface area contributed by atoms with Gasteiger partial charge in [0.1, 0.15) is 5.54 Å². The van der Waals surface area contributed by atoms with Crippen LogP contribution >= 0.6 is 0 Å². The highest BCUT2D eigenvalue weighted by molar-refractivity contribution is 6.15. The fourth-order valence-electron chi connectivity index (χ4n) is 4.91. The number of likely N-dealkylation sites (tertiary alicyclic amines) is 1. The summed E-state index contributed by atoms with van der Waals surface area (Å²) in [6.07, 6.45) is 0.745. The van der Waals surface area contributed by atoms with Crippen molar-refractivity contribution in [1.29, 1.82) is 0 Å². The van der Waals surface area contributed by atoms with E-state index in [9.17, 15) is 14.4 Å². The fourth-order valence-corrected chi connectivity index (χ4v) is 4.91. The zero-order valence-electron chi connectivity index (χ0n) is 14.9. The molecule has 3 amide bonds. The van der Waals surface area contributed by atoms with Gasteiger partial charge in [0.2, 0.25) is 11.8 Å². The van der Waals surface area contributed by atoms with E-state index in [4.69, 9.17) is 0 Å². The molecule has 0 aliphatic carbocycles. The Morgan fingerprint density at radius 1 is 1.08 bits per heavy atom. The molecule has 4 rings (SSSR count). The van der Waals surface area contributed by atoms with E-state index in [2.05, 4.69) is 19.2 Å². The van der Waals surface area contributed by atoms with Crippen molar-refractivity contribution in [2.45, 2.75) is 31.8 Å². The topological polar surface area (TPSA) is 69.7 Å². The van der Waals surface area contributed by atoms with Crippen LogP contribution in [0.5, 0.6) is 0 Å². The Labute approximate surface area is 147 Å². The number of benzene rings is 1. The Balaban J connectivity index is 1.92. The predicted molar refractivity (Wildman–Crippen MR) is 92.7 cm³/mol. The third-order valence-electron chi connectivity index (χ3n) is 5.94. The summed E-state index contributed by atoms with van der Waals surface area (Å²) in [6, 6.07) is 7.36. The number of imide groups is 1. The minimum Gasteiger partial charge on any atom is -0.313 e. The van der Waals surface area contributed by atoms with E-state index in [1.807, 2.05) is 24.3 Å². The van der Waals surface area contributed by atoms with Crippen LogP contribution in [0.1, 0.15) is 25.8 Å². The SMILES string of the molecule is CC(C)C[C@@H]1N[C@]2(C(=O)N(C)c3ccccc32)[C@H]2C(=O)N(C)C(=O)[C@H]12. The third kappa shape index (κ3) is 1.86. The van der Waals surface area contributed by atoms with Crippen LogP contribution in [0.2, 0.25) is 0 Å². The summed E-state index contributed by atoms with van der Waals surface area (Å²) in [5.41, 5.74) is 0.478. The van der Waals surface area contributed by atoms with Crippen molar-refractivity contribution in [1.82, 2.24) is 10.2 Å². The summed E-state index contributed by atoms with van der Waals surface area (Å²) in [5, 5.41) is 3.46. The van der Waals surface area contributed by atoms with Gasteiger partial charge in [-0.25, -0.2) is 0 Å². The van der Waals surface area contributed by atoms with E-state index in [1.54, 1.807) is 11.9 Å². The molecule has 2 saturated heterocycles. The molecule has 0 bridgehead atoms. The average molecular weight is 341 g/mol. The molecule has 1 N–H and O–H groups in total.